The summed E-state index contributed by atoms with van der Waals surface area (Å²) in [6, 6.07) is 4.62. The van der Waals surface area contributed by atoms with Crippen molar-refractivity contribution in [2.75, 3.05) is 6.54 Å². The van der Waals surface area contributed by atoms with Gasteiger partial charge in [-0.25, -0.2) is 4.39 Å². The van der Waals surface area contributed by atoms with Gasteiger partial charge in [0.1, 0.15) is 5.82 Å². The van der Waals surface area contributed by atoms with E-state index in [1.54, 1.807) is 13.0 Å². The second kappa shape index (κ2) is 5.55. The third-order valence-corrected chi connectivity index (χ3v) is 2.88. The predicted octanol–water partition coefficient (Wildman–Crippen LogP) is 3.16. The molecule has 0 aliphatic carbocycles. The molecular formula is C14H21ClFNO. The van der Waals surface area contributed by atoms with E-state index in [0.29, 0.717) is 13.0 Å². The zero-order chi connectivity index (χ0) is 14.0. The molecule has 0 fully saturated rings. The van der Waals surface area contributed by atoms with Gasteiger partial charge in [-0.2, -0.15) is 0 Å². The van der Waals surface area contributed by atoms with Gasteiger partial charge in [0.05, 0.1) is 10.6 Å². The van der Waals surface area contributed by atoms with Crippen molar-refractivity contribution in [1.82, 2.24) is 5.32 Å². The fourth-order valence-corrected chi connectivity index (χ4v) is 1.72. The van der Waals surface area contributed by atoms with Crippen LogP contribution >= 0.6 is 11.6 Å². The second-order valence-electron chi connectivity index (χ2n) is 6.03. The topological polar surface area (TPSA) is 32.3 Å². The highest BCUT2D eigenvalue weighted by molar-refractivity contribution is 6.30. The summed E-state index contributed by atoms with van der Waals surface area (Å²) in [7, 11) is 0. The van der Waals surface area contributed by atoms with Gasteiger partial charge in [-0.3, -0.25) is 0 Å². The van der Waals surface area contributed by atoms with Gasteiger partial charge in [0.15, 0.2) is 0 Å². The Labute approximate surface area is 113 Å². The Morgan fingerprint density at radius 2 is 1.89 bits per heavy atom. The lowest BCUT2D eigenvalue weighted by atomic mass is 9.95. The SMILES string of the molecule is CC(O)(CNC(C)(C)C)Cc1ccc(Cl)c(F)c1. The normalized spacial score (nSPS) is 15.5. The van der Waals surface area contributed by atoms with Gasteiger partial charge in [0, 0.05) is 18.5 Å². The molecule has 0 bridgehead atoms. The van der Waals surface area contributed by atoms with E-state index in [0.717, 1.165) is 5.56 Å². The molecule has 0 saturated carbocycles. The molecule has 2 nitrogen and oxygen atoms in total. The first kappa shape index (κ1) is 15.4. The van der Waals surface area contributed by atoms with Crippen LogP contribution in [0.15, 0.2) is 18.2 Å². The van der Waals surface area contributed by atoms with E-state index in [-0.39, 0.29) is 10.6 Å². The second-order valence-corrected chi connectivity index (χ2v) is 6.43. The van der Waals surface area contributed by atoms with Gasteiger partial charge < -0.3 is 10.4 Å². The summed E-state index contributed by atoms with van der Waals surface area (Å²) in [5.41, 5.74) is -0.249. The van der Waals surface area contributed by atoms with Gasteiger partial charge in [-0.15, -0.1) is 0 Å². The number of hydrogen-bond acceptors (Lipinski definition) is 2. The van der Waals surface area contributed by atoms with Crippen LogP contribution in [0.1, 0.15) is 33.3 Å². The number of β-amino-alcohol motifs (C(OH)–C–C–N with tert-alkyl or cyclic N) is 1. The highest BCUT2D eigenvalue weighted by Crippen LogP contribution is 2.19. The zero-order valence-electron chi connectivity index (χ0n) is 11.3. The standard InChI is InChI=1S/C14H21ClFNO/c1-13(2,3)17-9-14(4,18)8-10-5-6-11(15)12(16)7-10/h5-7,17-18H,8-9H2,1-4H3. The van der Waals surface area contributed by atoms with E-state index in [1.165, 1.54) is 12.1 Å². The van der Waals surface area contributed by atoms with Crippen LogP contribution < -0.4 is 5.32 Å². The van der Waals surface area contributed by atoms with Crippen molar-refractivity contribution >= 4 is 11.6 Å². The molecule has 2 N–H and O–H groups in total. The Morgan fingerprint density at radius 1 is 1.28 bits per heavy atom. The molecule has 1 rings (SSSR count). The molecule has 0 amide bonds. The first-order valence-electron chi connectivity index (χ1n) is 6.00. The van der Waals surface area contributed by atoms with Gasteiger partial charge in [0.2, 0.25) is 0 Å². The summed E-state index contributed by atoms with van der Waals surface area (Å²) in [5.74, 6) is -0.450. The largest absolute Gasteiger partial charge is 0.389 e. The van der Waals surface area contributed by atoms with Crippen LogP contribution in [-0.2, 0) is 6.42 Å². The number of nitrogens with one attached hydrogen (secondary N) is 1. The molecular weight excluding hydrogens is 253 g/mol. The van der Waals surface area contributed by atoms with E-state index in [2.05, 4.69) is 5.32 Å². The van der Waals surface area contributed by atoms with E-state index in [4.69, 9.17) is 11.6 Å². The Balaban J connectivity index is 2.67. The molecule has 0 aliphatic heterocycles. The molecule has 0 radical (unpaired) electrons. The third kappa shape index (κ3) is 5.34. The van der Waals surface area contributed by atoms with Crippen molar-refractivity contribution in [2.45, 2.75) is 45.3 Å². The van der Waals surface area contributed by atoms with Crippen molar-refractivity contribution in [2.24, 2.45) is 0 Å². The van der Waals surface area contributed by atoms with Crippen molar-refractivity contribution in [3.8, 4) is 0 Å². The van der Waals surface area contributed by atoms with Crippen LogP contribution in [0, 0.1) is 5.82 Å². The molecule has 0 spiro atoms. The third-order valence-electron chi connectivity index (χ3n) is 2.57. The van der Waals surface area contributed by atoms with Crippen LogP contribution in [0.25, 0.3) is 0 Å². The van der Waals surface area contributed by atoms with E-state index < -0.39 is 11.4 Å². The van der Waals surface area contributed by atoms with Crippen molar-refractivity contribution in [3.63, 3.8) is 0 Å². The average Bonchev–Trinajstić information content (AvgIpc) is 2.20. The maximum Gasteiger partial charge on any atom is 0.142 e. The molecule has 18 heavy (non-hydrogen) atoms. The van der Waals surface area contributed by atoms with E-state index in [9.17, 15) is 9.50 Å². The fraction of sp³-hybridized carbons (Fsp3) is 0.571. The van der Waals surface area contributed by atoms with E-state index >= 15 is 0 Å². The number of aliphatic hydroxyl groups is 1. The Morgan fingerprint density at radius 3 is 2.39 bits per heavy atom. The number of hydrogen-bond donors (Lipinski definition) is 2. The van der Waals surface area contributed by atoms with Crippen LogP contribution in [-0.4, -0.2) is 22.8 Å². The first-order valence-corrected chi connectivity index (χ1v) is 6.38. The summed E-state index contributed by atoms with van der Waals surface area (Å²) in [6.07, 6.45) is 0.379. The molecule has 0 saturated heterocycles. The van der Waals surface area contributed by atoms with Crippen molar-refractivity contribution in [1.29, 1.82) is 0 Å². The van der Waals surface area contributed by atoms with Gasteiger partial charge in [-0.05, 0) is 45.4 Å². The van der Waals surface area contributed by atoms with Crippen LogP contribution in [0.3, 0.4) is 0 Å². The lowest BCUT2D eigenvalue weighted by Gasteiger charge is -2.29. The summed E-state index contributed by atoms with van der Waals surface area (Å²) in [4.78, 5) is 0. The summed E-state index contributed by atoms with van der Waals surface area (Å²) < 4.78 is 13.3. The summed E-state index contributed by atoms with van der Waals surface area (Å²) >= 11 is 5.62. The van der Waals surface area contributed by atoms with Gasteiger partial charge in [0.25, 0.3) is 0 Å². The fourth-order valence-electron chi connectivity index (χ4n) is 1.61. The van der Waals surface area contributed by atoms with Gasteiger partial charge in [-0.1, -0.05) is 17.7 Å². The minimum absolute atomic E-state index is 0.0603. The summed E-state index contributed by atoms with van der Waals surface area (Å²) in [6.45, 7) is 8.28. The Kier molecular flexibility index (Phi) is 4.76. The Hall–Kier alpha value is -0.640. The van der Waals surface area contributed by atoms with E-state index in [1.807, 2.05) is 20.8 Å². The highest BCUT2D eigenvalue weighted by Gasteiger charge is 2.23. The van der Waals surface area contributed by atoms with Crippen LogP contribution in [0.4, 0.5) is 4.39 Å². The molecule has 0 aliphatic rings. The number of halogens is 2. The molecule has 1 atom stereocenters. The molecule has 102 valence electrons. The lowest BCUT2D eigenvalue weighted by molar-refractivity contribution is 0.0534. The van der Waals surface area contributed by atoms with Crippen molar-refractivity contribution in [3.05, 3.63) is 34.6 Å². The number of rotatable bonds is 4. The Bertz CT molecular complexity index is 413. The molecule has 0 aromatic heterocycles. The minimum atomic E-state index is -0.923. The van der Waals surface area contributed by atoms with Crippen molar-refractivity contribution < 1.29 is 9.50 Å². The molecule has 1 aromatic rings. The first-order chi connectivity index (χ1) is 8.09. The maximum atomic E-state index is 13.3. The predicted molar refractivity (Wildman–Crippen MR) is 73.5 cm³/mol. The molecule has 0 heterocycles. The molecule has 1 unspecified atom stereocenters. The number of benzene rings is 1. The molecule has 4 heteroatoms. The molecule has 1 aromatic carbocycles. The zero-order valence-corrected chi connectivity index (χ0v) is 12.1. The van der Waals surface area contributed by atoms with Crippen LogP contribution in [0.5, 0.6) is 0 Å². The van der Waals surface area contributed by atoms with Crippen LogP contribution in [0.2, 0.25) is 5.02 Å². The van der Waals surface area contributed by atoms with Gasteiger partial charge >= 0.3 is 0 Å². The summed E-state index contributed by atoms with van der Waals surface area (Å²) in [5, 5.41) is 13.6. The minimum Gasteiger partial charge on any atom is -0.389 e. The highest BCUT2D eigenvalue weighted by atomic mass is 35.5. The quantitative estimate of drug-likeness (QED) is 0.883. The maximum absolute atomic E-state index is 13.3. The smallest absolute Gasteiger partial charge is 0.142 e. The monoisotopic (exact) mass is 273 g/mol. The lowest BCUT2D eigenvalue weighted by Crippen LogP contribution is -2.47. The average molecular weight is 274 g/mol.